The summed E-state index contributed by atoms with van der Waals surface area (Å²) < 4.78 is 2.00. The van der Waals surface area contributed by atoms with Crippen LogP contribution in [0.1, 0.15) is 0 Å². The molecule has 0 amide bonds. The molecule has 0 aliphatic carbocycles. The van der Waals surface area contributed by atoms with Gasteiger partial charge in [-0.05, 0) is 51.2 Å². The maximum absolute atomic E-state index is 5.57. The van der Waals surface area contributed by atoms with Crippen molar-refractivity contribution in [3.8, 4) is 0 Å². The SMILES string of the molecule is Nc1ccnc(I)c1I. The van der Waals surface area contributed by atoms with Crippen molar-refractivity contribution < 1.29 is 0 Å². The normalized spacial score (nSPS) is 9.56. The predicted octanol–water partition coefficient (Wildman–Crippen LogP) is 1.87. The molecule has 2 N–H and O–H groups in total. The van der Waals surface area contributed by atoms with Gasteiger partial charge in [0, 0.05) is 11.9 Å². The van der Waals surface area contributed by atoms with E-state index in [1.807, 2.05) is 0 Å². The number of pyridine rings is 1. The smallest absolute Gasteiger partial charge is 0.116 e. The molecule has 0 aliphatic heterocycles. The van der Waals surface area contributed by atoms with Crippen molar-refractivity contribution >= 4 is 50.9 Å². The van der Waals surface area contributed by atoms with Gasteiger partial charge in [0.1, 0.15) is 3.70 Å². The van der Waals surface area contributed by atoms with E-state index in [0.717, 1.165) is 13.0 Å². The first-order chi connectivity index (χ1) is 4.22. The molecular formula is C5H4I2N2. The zero-order valence-corrected chi connectivity index (χ0v) is 8.75. The molecule has 1 heterocycles. The van der Waals surface area contributed by atoms with Gasteiger partial charge in [0.05, 0.1) is 3.57 Å². The first kappa shape index (κ1) is 7.52. The van der Waals surface area contributed by atoms with Crippen LogP contribution in [0.15, 0.2) is 12.3 Å². The molecule has 0 saturated heterocycles. The fourth-order valence-electron chi connectivity index (χ4n) is 0.432. The fourth-order valence-corrected chi connectivity index (χ4v) is 1.22. The quantitative estimate of drug-likeness (QED) is 0.576. The maximum atomic E-state index is 5.57. The third kappa shape index (κ3) is 1.66. The highest BCUT2D eigenvalue weighted by Gasteiger charge is 1.97. The Balaban J connectivity index is 3.25. The molecule has 0 bridgehead atoms. The number of halogens is 2. The average molecular weight is 346 g/mol. The van der Waals surface area contributed by atoms with E-state index in [1.165, 1.54) is 0 Å². The van der Waals surface area contributed by atoms with E-state index in [2.05, 4.69) is 50.2 Å². The van der Waals surface area contributed by atoms with E-state index in [1.54, 1.807) is 12.3 Å². The fraction of sp³-hybridized carbons (Fsp3) is 0. The Morgan fingerprint density at radius 2 is 2.11 bits per heavy atom. The average Bonchev–Trinajstić information content (AvgIpc) is 1.83. The Morgan fingerprint density at radius 1 is 1.44 bits per heavy atom. The third-order valence-corrected chi connectivity index (χ3v) is 3.86. The highest BCUT2D eigenvalue weighted by Crippen LogP contribution is 2.17. The minimum absolute atomic E-state index is 0.801. The van der Waals surface area contributed by atoms with Crippen molar-refractivity contribution in [1.82, 2.24) is 4.98 Å². The number of nitrogen functional groups attached to an aromatic ring is 1. The molecule has 48 valence electrons. The van der Waals surface area contributed by atoms with Crippen LogP contribution in [-0.2, 0) is 0 Å². The second-order valence-electron chi connectivity index (χ2n) is 1.50. The molecule has 1 aromatic rings. The summed E-state index contributed by atoms with van der Waals surface area (Å²) in [5, 5.41) is 0. The first-order valence-corrected chi connectivity index (χ1v) is 4.43. The second kappa shape index (κ2) is 3.00. The van der Waals surface area contributed by atoms with E-state index in [-0.39, 0.29) is 0 Å². The summed E-state index contributed by atoms with van der Waals surface area (Å²) in [6, 6.07) is 1.80. The lowest BCUT2D eigenvalue weighted by molar-refractivity contribution is 1.25. The standard InChI is InChI=1S/C5H4I2N2/c6-4-3(8)1-2-9-5(4)7/h1-2H,(H2,8,9). The molecule has 2 nitrogen and oxygen atoms in total. The number of nitrogens with zero attached hydrogens (tertiary/aromatic N) is 1. The highest BCUT2D eigenvalue weighted by molar-refractivity contribution is 14.1. The number of aromatic nitrogens is 1. The summed E-state index contributed by atoms with van der Waals surface area (Å²) in [6.07, 6.45) is 1.71. The van der Waals surface area contributed by atoms with Gasteiger partial charge >= 0.3 is 0 Å². The molecule has 0 saturated carbocycles. The number of anilines is 1. The molecule has 1 aromatic heterocycles. The molecule has 0 aromatic carbocycles. The predicted molar refractivity (Wildman–Crippen MR) is 54.1 cm³/mol. The molecule has 0 spiro atoms. The van der Waals surface area contributed by atoms with Gasteiger partial charge in [-0.2, -0.15) is 0 Å². The van der Waals surface area contributed by atoms with Crippen LogP contribution in [0.2, 0.25) is 0 Å². The summed E-state index contributed by atoms with van der Waals surface area (Å²) in [6.45, 7) is 0. The molecule has 4 heteroatoms. The monoisotopic (exact) mass is 346 g/mol. The summed E-state index contributed by atoms with van der Waals surface area (Å²) in [7, 11) is 0. The largest absolute Gasteiger partial charge is 0.398 e. The van der Waals surface area contributed by atoms with Crippen molar-refractivity contribution in [1.29, 1.82) is 0 Å². The van der Waals surface area contributed by atoms with Gasteiger partial charge in [-0.15, -0.1) is 0 Å². The lowest BCUT2D eigenvalue weighted by atomic mass is 10.4. The van der Waals surface area contributed by atoms with Crippen LogP contribution >= 0.6 is 45.2 Å². The van der Waals surface area contributed by atoms with E-state index < -0.39 is 0 Å². The summed E-state index contributed by atoms with van der Waals surface area (Å²) in [5.41, 5.74) is 6.37. The number of nitrogens with two attached hydrogens (primary N) is 1. The highest BCUT2D eigenvalue weighted by atomic mass is 127. The third-order valence-electron chi connectivity index (χ3n) is 0.877. The van der Waals surface area contributed by atoms with E-state index >= 15 is 0 Å². The zero-order chi connectivity index (χ0) is 6.85. The van der Waals surface area contributed by atoms with Crippen LogP contribution in [0.3, 0.4) is 0 Å². The minimum atomic E-state index is 0.801. The number of hydrogen-bond donors (Lipinski definition) is 1. The van der Waals surface area contributed by atoms with Crippen molar-refractivity contribution in [3.05, 3.63) is 19.5 Å². The van der Waals surface area contributed by atoms with Crippen LogP contribution in [0.25, 0.3) is 0 Å². The van der Waals surface area contributed by atoms with Gasteiger partial charge in [-0.25, -0.2) is 4.98 Å². The Bertz CT molecular complexity index is 204. The van der Waals surface area contributed by atoms with Gasteiger partial charge in [0.25, 0.3) is 0 Å². The molecule has 0 fully saturated rings. The summed E-state index contributed by atoms with van der Waals surface area (Å²) in [4.78, 5) is 4.04. The van der Waals surface area contributed by atoms with E-state index in [0.29, 0.717) is 0 Å². The molecule has 0 aliphatic rings. The van der Waals surface area contributed by atoms with Gasteiger partial charge in [-0.3, -0.25) is 0 Å². The molecule has 9 heavy (non-hydrogen) atoms. The molecule has 0 atom stereocenters. The second-order valence-corrected chi connectivity index (χ2v) is 3.61. The Labute approximate surface area is 80.5 Å². The van der Waals surface area contributed by atoms with Gasteiger partial charge in [0.15, 0.2) is 0 Å². The minimum Gasteiger partial charge on any atom is -0.398 e. The Hall–Kier alpha value is 0.410. The van der Waals surface area contributed by atoms with Gasteiger partial charge < -0.3 is 5.73 Å². The van der Waals surface area contributed by atoms with Crippen LogP contribution in [0.5, 0.6) is 0 Å². The van der Waals surface area contributed by atoms with Crippen molar-refractivity contribution in [2.75, 3.05) is 5.73 Å². The first-order valence-electron chi connectivity index (χ1n) is 2.27. The van der Waals surface area contributed by atoms with Crippen LogP contribution in [0, 0.1) is 7.27 Å². The van der Waals surface area contributed by atoms with Crippen molar-refractivity contribution in [2.45, 2.75) is 0 Å². The Morgan fingerprint density at radius 3 is 2.56 bits per heavy atom. The number of rotatable bonds is 0. The van der Waals surface area contributed by atoms with Crippen molar-refractivity contribution in [3.63, 3.8) is 0 Å². The van der Waals surface area contributed by atoms with Crippen LogP contribution < -0.4 is 5.73 Å². The zero-order valence-electron chi connectivity index (χ0n) is 4.44. The van der Waals surface area contributed by atoms with Gasteiger partial charge in [-0.1, -0.05) is 0 Å². The van der Waals surface area contributed by atoms with Gasteiger partial charge in [0.2, 0.25) is 0 Å². The lowest BCUT2D eigenvalue weighted by Gasteiger charge is -1.96. The topological polar surface area (TPSA) is 38.9 Å². The molecule has 1 rings (SSSR count). The van der Waals surface area contributed by atoms with Crippen LogP contribution in [0.4, 0.5) is 5.69 Å². The van der Waals surface area contributed by atoms with E-state index in [9.17, 15) is 0 Å². The molecule has 0 radical (unpaired) electrons. The number of hydrogen-bond acceptors (Lipinski definition) is 2. The summed E-state index contributed by atoms with van der Waals surface area (Å²) in [5.74, 6) is 0. The van der Waals surface area contributed by atoms with Crippen LogP contribution in [-0.4, -0.2) is 4.98 Å². The summed E-state index contributed by atoms with van der Waals surface area (Å²) >= 11 is 4.33. The lowest BCUT2D eigenvalue weighted by Crippen LogP contribution is -1.92. The van der Waals surface area contributed by atoms with Crippen molar-refractivity contribution in [2.24, 2.45) is 0 Å². The molecular weight excluding hydrogens is 342 g/mol. The van der Waals surface area contributed by atoms with E-state index in [4.69, 9.17) is 5.73 Å². The molecule has 0 unspecified atom stereocenters. The maximum Gasteiger partial charge on any atom is 0.116 e. The Kier molecular flexibility index (Phi) is 2.50.